The molecule has 0 spiro atoms. The molecule has 0 saturated heterocycles. The van der Waals surface area contributed by atoms with Gasteiger partial charge in [0, 0.05) is 11.6 Å². The smallest absolute Gasteiger partial charge is 0.103 e. The predicted molar refractivity (Wildman–Crippen MR) is 48.4 cm³/mol. The van der Waals surface area contributed by atoms with Crippen molar-refractivity contribution >= 4 is 5.71 Å². The largest absolute Gasteiger partial charge is 0.411 e. The molecule has 0 fully saturated rings. The van der Waals surface area contributed by atoms with E-state index in [1.165, 1.54) is 0 Å². The summed E-state index contributed by atoms with van der Waals surface area (Å²) < 4.78 is 0. The van der Waals surface area contributed by atoms with E-state index in [-0.39, 0.29) is 6.04 Å². The summed E-state index contributed by atoms with van der Waals surface area (Å²) in [5, 5.41) is 11.8. The molecule has 64 valence electrons. The van der Waals surface area contributed by atoms with Crippen molar-refractivity contribution in [2.45, 2.75) is 13.0 Å². The molecule has 0 aliphatic heterocycles. The van der Waals surface area contributed by atoms with Crippen molar-refractivity contribution in [3.05, 3.63) is 35.9 Å². The molecule has 0 aromatic heterocycles. The van der Waals surface area contributed by atoms with Crippen LogP contribution in [0, 0.1) is 0 Å². The molecule has 0 amide bonds. The normalized spacial score (nSPS) is 14.3. The average Bonchev–Trinajstić information content (AvgIpc) is 2.07. The van der Waals surface area contributed by atoms with Crippen LogP contribution < -0.4 is 5.73 Å². The van der Waals surface area contributed by atoms with E-state index in [4.69, 9.17) is 10.9 Å². The van der Waals surface area contributed by atoms with E-state index in [0.717, 1.165) is 5.56 Å². The Morgan fingerprint density at radius 1 is 1.42 bits per heavy atom. The van der Waals surface area contributed by atoms with Crippen LogP contribution in [0.5, 0.6) is 0 Å². The Kier molecular flexibility index (Phi) is 2.82. The molecule has 3 nitrogen and oxygen atoms in total. The van der Waals surface area contributed by atoms with Crippen molar-refractivity contribution < 1.29 is 5.21 Å². The van der Waals surface area contributed by atoms with Crippen LogP contribution in [-0.2, 0) is 0 Å². The van der Waals surface area contributed by atoms with E-state index in [1.807, 2.05) is 30.3 Å². The fourth-order valence-electron chi connectivity index (χ4n) is 1.02. The van der Waals surface area contributed by atoms with Crippen molar-refractivity contribution in [2.75, 3.05) is 0 Å². The van der Waals surface area contributed by atoms with E-state index in [0.29, 0.717) is 5.71 Å². The first-order valence-corrected chi connectivity index (χ1v) is 3.78. The van der Waals surface area contributed by atoms with Gasteiger partial charge in [-0.15, -0.1) is 0 Å². The molecule has 0 aliphatic carbocycles. The molecule has 0 radical (unpaired) electrons. The highest BCUT2D eigenvalue weighted by molar-refractivity contribution is 6.03. The highest BCUT2D eigenvalue weighted by atomic mass is 16.4. The first-order chi connectivity index (χ1) is 5.75. The molecule has 1 aromatic rings. The third-order valence-corrected chi connectivity index (χ3v) is 1.61. The van der Waals surface area contributed by atoms with Crippen LogP contribution in [0.3, 0.4) is 0 Å². The quantitative estimate of drug-likeness (QED) is 0.392. The van der Waals surface area contributed by atoms with Crippen molar-refractivity contribution in [3.8, 4) is 0 Å². The lowest BCUT2D eigenvalue weighted by Gasteiger charge is -2.06. The van der Waals surface area contributed by atoms with Crippen LogP contribution >= 0.6 is 0 Å². The molecule has 3 N–H and O–H groups in total. The van der Waals surface area contributed by atoms with Gasteiger partial charge in [0.25, 0.3) is 0 Å². The summed E-state index contributed by atoms with van der Waals surface area (Å²) in [5.41, 5.74) is 6.95. The second-order valence-electron chi connectivity index (χ2n) is 2.64. The molecule has 1 unspecified atom stereocenters. The molecule has 1 aromatic carbocycles. The Labute approximate surface area is 71.5 Å². The third kappa shape index (κ3) is 1.83. The van der Waals surface area contributed by atoms with Gasteiger partial charge in [0.2, 0.25) is 0 Å². The summed E-state index contributed by atoms with van der Waals surface area (Å²) in [6.07, 6.45) is 0. The summed E-state index contributed by atoms with van der Waals surface area (Å²) >= 11 is 0. The fourth-order valence-corrected chi connectivity index (χ4v) is 1.02. The van der Waals surface area contributed by atoms with Crippen LogP contribution in [0.2, 0.25) is 0 Å². The lowest BCUT2D eigenvalue weighted by Crippen LogP contribution is -2.27. The molecule has 0 aliphatic rings. The summed E-state index contributed by atoms with van der Waals surface area (Å²) in [4.78, 5) is 0. The standard InChI is InChI=1S/C9H12N2O/c1-7(10)9(11-12)8-5-3-2-4-6-8/h2-7,12H,10H2,1H3/b11-9-. The molecule has 0 saturated carbocycles. The minimum absolute atomic E-state index is 0.252. The first kappa shape index (κ1) is 8.74. The molecule has 12 heavy (non-hydrogen) atoms. The van der Waals surface area contributed by atoms with Crippen LogP contribution in [0.4, 0.5) is 0 Å². The molecular weight excluding hydrogens is 152 g/mol. The maximum atomic E-state index is 8.66. The maximum absolute atomic E-state index is 8.66. The topological polar surface area (TPSA) is 58.6 Å². The zero-order chi connectivity index (χ0) is 8.97. The van der Waals surface area contributed by atoms with Crippen molar-refractivity contribution in [1.82, 2.24) is 0 Å². The molecule has 1 atom stereocenters. The van der Waals surface area contributed by atoms with E-state index in [1.54, 1.807) is 6.92 Å². The minimum Gasteiger partial charge on any atom is -0.411 e. The summed E-state index contributed by atoms with van der Waals surface area (Å²) in [5.74, 6) is 0. The Balaban J connectivity index is 2.97. The number of oxime groups is 1. The number of hydrogen-bond acceptors (Lipinski definition) is 3. The highest BCUT2D eigenvalue weighted by Gasteiger charge is 2.07. The molecular formula is C9H12N2O. The van der Waals surface area contributed by atoms with Crippen molar-refractivity contribution in [1.29, 1.82) is 0 Å². The predicted octanol–water partition coefficient (Wildman–Crippen LogP) is 1.21. The molecule has 3 heteroatoms. The second-order valence-corrected chi connectivity index (χ2v) is 2.64. The van der Waals surface area contributed by atoms with Crippen LogP contribution in [0.25, 0.3) is 0 Å². The molecule has 0 heterocycles. The minimum atomic E-state index is -0.252. The Morgan fingerprint density at radius 2 is 2.00 bits per heavy atom. The Hall–Kier alpha value is -1.35. The number of nitrogens with two attached hydrogens (primary N) is 1. The average molecular weight is 164 g/mol. The van der Waals surface area contributed by atoms with Gasteiger partial charge < -0.3 is 10.9 Å². The number of benzene rings is 1. The van der Waals surface area contributed by atoms with Gasteiger partial charge in [0.1, 0.15) is 5.71 Å². The summed E-state index contributed by atoms with van der Waals surface area (Å²) in [6.45, 7) is 1.78. The highest BCUT2D eigenvalue weighted by Crippen LogP contribution is 2.02. The zero-order valence-electron chi connectivity index (χ0n) is 6.94. The van der Waals surface area contributed by atoms with E-state index < -0.39 is 0 Å². The molecule has 0 bridgehead atoms. The molecule has 1 rings (SSSR count). The van der Waals surface area contributed by atoms with Crippen LogP contribution in [0.1, 0.15) is 12.5 Å². The van der Waals surface area contributed by atoms with Gasteiger partial charge in [-0.3, -0.25) is 0 Å². The van der Waals surface area contributed by atoms with Crippen molar-refractivity contribution in [2.24, 2.45) is 10.9 Å². The zero-order valence-corrected chi connectivity index (χ0v) is 6.94. The Morgan fingerprint density at radius 3 is 2.42 bits per heavy atom. The van der Waals surface area contributed by atoms with Crippen LogP contribution in [-0.4, -0.2) is 17.0 Å². The second kappa shape index (κ2) is 3.88. The van der Waals surface area contributed by atoms with Crippen LogP contribution in [0.15, 0.2) is 35.5 Å². The summed E-state index contributed by atoms with van der Waals surface area (Å²) in [6, 6.07) is 9.12. The van der Waals surface area contributed by atoms with E-state index >= 15 is 0 Å². The van der Waals surface area contributed by atoms with Crippen molar-refractivity contribution in [3.63, 3.8) is 0 Å². The number of hydrogen-bond donors (Lipinski definition) is 2. The lowest BCUT2D eigenvalue weighted by atomic mass is 10.1. The summed E-state index contributed by atoms with van der Waals surface area (Å²) in [7, 11) is 0. The number of nitrogens with zero attached hydrogens (tertiary/aromatic N) is 1. The fraction of sp³-hybridized carbons (Fsp3) is 0.222. The van der Waals surface area contributed by atoms with Gasteiger partial charge in [0.15, 0.2) is 0 Å². The van der Waals surface area contributed by atoms with E-state index in [9.17, 15) is 0 Å². The maximum Gasteiger partial charge on any atom is 0.103 e. The van der Waals surface area contributed by atoms with Gasteiger partial charge in [-0.1, -0.05) is 35.5 Å². The Bertz CT molecular complexity index is 267. The van der Waals surface area contributed by atoms with Gasteiger partial charge in [-0.05, 0) is 6.92 Å². The third-order valence-electron chi connectivity index (χ3n) is 1.61. The monoisotopic (exact) mass is 164 g/mol. The SMILES string of the molecule is CC(N)/C(=N/O)c1ccccc1. The lowest BCUT2D eigenvalue weighted by molar-refractivity contribution is 0.317. The van der Waals surface area contributed by atoms with Gasteiger partial charge >= 0.3 is 0 Å². The first-order valence-electron chi connectivity index (χ1n) is 3.78. The number of rotatable bonds is 2. The van der Waals surface area contributed by atoms with Gasteiger partial charge in [-0.2, -0.15) is 0 Å². The van der Waals surface area contributed by atoms with Gasteiger partial charge in [-0.25, -0.2) is 0 Å². The van der Waals surface area contributed by atoms with Gasteiger partial charge in [0.05, 0.1) is 0 Å². The van der Waals surface area contributed by atoms with E-state index in [2.05, 4.69) is 5.16 Å².